The van der Waals surface area contributed by atoms with E-state index in [1.807, 2.05) is 30.3 Å². The van der Waals surface area contributed by atoms with Crippen LogP contribution < -0.4 is 5.73 Å². The molecule has 0 unspecified atom stereocenters. The molecule has 3 nitrogen and oxygen atoms in total. The molecule has 0 bridgehead atoms. The van der Waals surface area contributed by atoms with Crippen molar-refractivity contribution in [2.45, 2.75) is 13.3 Å². The number of hydrogen-bond donors (Lipinski definition) is 1. The molecule has 0 atom stereocenters. The van der Waals surface area contributed by atoms with Crippen LogP contribution in [0.25, 0.3) is 10.4 Å². The Hall–Kier alpha value is -1.81. The van der Waals surface area contributed by atoms with E-state index in [1.54, 1.807) is 19.0 Å². The molecule has 1 amide bonds. The number of rotatable bonds is 3. The maximum absolute atomic E-state index is 12.2. The van der Waals surface area contributed by atoms with Crippen LogP contribution in [-0.2, 0) is 6.42 Å². The van der Waals surface area contributed by atoms with Gasteiger partial charge in [0, 0.05) is 19.0 Å². The quantitative estimate of drug-likeness (QED) is 0.933. The molecule has 1 heterocycles. The van der Waals surface area contributed by atoms with Crippen LogP contribution in [0.15, 0.2) is 30.3 Å². The Bertz CT molecular complexity index is 588. The second kappa shape index (κ2) is 5.45. The Labute approximate surface area is 117 Å². The summed E-state index contributed by atoms with van der Waals surface area (Å²) in [5.74, 6) is -0.0206. The highest BCUT2D eigenvalue weighted by Gasteiger charge is 2.22. The van der Waals surface area contributed by atoms with Crippen molar-refractivity contribution in [3.05, 3.63) is 41.5 Å². The minimum atomic E-state index is -0.0206. The van der Waals surface area contributed by atoms with Crippen molar-refractivity contribution in [2.75, 3.05) is 19.8 Å². The van der Waals surface area contributed by atoms with E-state index >= 15 is 0 Å². The summed E-state index contributed by atoms with van der Waals surface area (Å²) in [5.41, 5.74) is 8.90. The fourth-order valence-corrected chi connectivity index (χ4v) is 3.26. The maximum atomic E-state index is 12.2. The van der Waals surface area contributed by atoms with Gasteiger partial charge < -0.3 is 10.6 Å². The van der Waals surface area contributed by atoms with Gasteiger partial charge in [-0.2, -0.15) is 0 Å². The lowest BCUT2D eigenvalue weighted by atomic mass is 10.0. The van der Waals surface area contributed by atoms with Gasteiger partial charge in [0.05, 0.1) is 10.6 Å². The first-order chi connectivity index (χ1) is 9.06. The summed E-state index contributed by atoms with van der Waals surface area (Å²) in [6.45, 7) is 2.06. The van der Waals surface area contributed by atoms with Gasteiger partial charge in [-0.05, 0) is 17.5 Å². The molecular formula is C15H18N2OS. The first kappa shape index (κ1) is 13.6. The molecule has 4 heteroatoms. The van der Waals surface area contributed by atoms with Gasteiger partial charge in [-0.15, -0.1) is 11.3 Å². The zero-order chi connectivity index (χ0) is 14.0. The fraction of sp³-hybridized carbons (Fsp3) is 0.267. The zero-order valence-corrected chi connectivity index (χ0v) is 12.3. The summed E-state index contributed by atoms with van der Waals surface area (Å²) < 4.78 is 0. The average Bonchev–Trinajstić information content (AvgIpc) is 2.75. The number of nitrogen functional groups attached to an aromatic ring is 1. The van der Waals surface area contributed by atoms with E-state index in [0.29, 0.717) is 10.6 Å². The van der Waals surface area contributed by atoms with Gasteiger partial charge in [-0.25, -0.2) is 0 Å². The average molecular weight is 274 g/mol. The van der Waals surface area contributed by atoms with Crippen molar-refractivity contribution in [2.24, 2.45) is 0 Å². The lowest BCUT2D eigenvalue weighted by molar-refractivity contribution is 0.0828. The van der Waals surface area contributed by atoms with Gasteiger partial charge in [0.2, 0.25) is 0 Å². The van der Waals surface area contributed by atoms with E-state index in [4.69, 9.17) is 5.73 Å². The molecule has 0 aliphatic carbocycles. The monoisotopic (exact) mass is 274 g/mol. The molecule has 0 aliphatic heterocycles. The van der Waals surface area contributed by atoms with Crippen molar-refractivity contribution >= 4 is 22.2 Å². The molecule has 0 radical (unpaired) electrons. The molecule has 0 spiro atoms. The Morgan fingerprint density at radius 3 is 2.42 bits per heavy atom. The van der Waals surface area contributed by atoms with Crippen molar-refractivity contribution in [3.63, 3.8) is 0 Å². The van der Waals surface area contributed by atoms with Gasteiger partial charge in [0.1, 0.15) is 0 Å². The van der Waals surface area contributed by atoms with E-state index in [0.717, 1.165) is 22.4 Å². The zero-order valence-electron chi connectivity index (χ0n) is 11.4. The Morgan fingerprint density at radius 2 is 1.89 bits per heavy atom. The minimum Gasteiger partial charge on any atom is -0.390 e. The van der Waals surface area contributed by atoms with Crippen molar-refractivity contribution < 1.29 is 4.79 Å². The van der Waals surface area contributed by atoms with Crippen LogP contribution in [0.4, 0.5) is 5.00 Å². The highest BCUT2D eigenvalue weighted by Crippen LogP contribution is 2.39. The first-order valence-electron chi connectivity index (χ1n) is 6.24. The molecule has 100 valence electrons. The van der Waals surface area contributed by atoms with E-state index in [-0.39, 0.29) is 5.91 Å². The van der Waals surface area contributed by atoms with E-state index in [2.05, 4.69) is 6.92 Å². The van der Waals surface area contributed by atoms with Gasteiger partial charge in [-0.3, -0.25) is 4.79 Å². The van der Waals surface area contributed by atoms with E-state index < -0.39 is 0 Å². The van der Waals surface area contributed by atoms with Crippen LogP contribution in [0.5, 0.6) is 0 Å². The number of hydrogen-bond acceptors (Lipinski definition) is 3. The maximum Gasteiger partial charge on any atom is 0.256 e. The number of benzene rings is 1. The predicted molar refractivity (Wildman–Crippen MR) is 81.6 cm³/mol. The summed E-state index contributed by atoms with van der Waals surface area (Å²) in [4.78, 5) is 14.9. The second-order valence-electron chi connectivity index (χ2n) is 4.57. The SMILES string of the molecule is CCc1c(-c2ccccc2)sc(N)c1C(=O)N(C)C. The van der Waals surface area contributed by atoms with Crippen LogP contribution >= 0.6 is 11.3 Å². The smallest absolute Gasteiger partial charge is 0.256 e. The number of anilines is 1. The van der Waals surface area contributed by atoms with E-state index in [1.165, 1.54) is 11.3 Å². The van der Waals surface area contributed by atoms with Crippen molar-refractivity contribution in [3.8, 4) is 10.4 Å². The van der Waals surface area contributed by atoms with Crippen molar-refractivity contribution in [1.29, 1.82) is 0 Å². The number of carbonyl (C=O) groups is 1. The molecule has 0 fully saturated rings. The highest BCUT2D eigenvalue weighted by atomic mass is 32.1. The molecule has 2 N–H and O–H groups in total. The third-order valence-corrected chi connectivity index (χ3v) is 4.15. The fourth-order valence-electron chi connectivity index (χ4n) is 2.10. The molecule has 19 heavy (non-hydrogen) atoms. The molecule has 0 saturated carbocycles. The van der Waals surface area contributed by atoms with Crippen LogP contribution in [0, 0.1) is 0 Å². The molecule has 2 rings (SSSR count). The first-order valence-corrected chi connectivity index (χ1v) is 7.06. The third kappa shape index (κ3) is 2.49. The normalized spacial score (nSPS) is 10.5. The van der Waals surface area contributed by atoms with Gasteiger partial charge >= 0.3 is 0 Å². The topological polar surface area (TPSA) is 46.3 Å². The van der Waals surface area contributed by atoms with Crippen LogP contribution in [0.1, 0.15) is 22.8 Å². The lowest BCUT2D eigenvalue weighted by Crippen LogP contribution is -2.23. The highest BCUT2D eigenvalue weighted by molar-refractivity contribution is 7.19. The summed E-state index contributed by atoms with van der Waals surface area (Å²) >= 11 is 1.49. The van der Waals surface area contributed by atoms with Gasteiger partial charge in [0.15, 0.2) is 0 Å². The molecular weight excluding hydrogens is 256 g/mol. The summed E-state index contributed by atoms with van der Waals surface area (Å²) in [7, 11) is 3.50. The molecule has 0 aliphatic rings. The van der Waals surface area contributed by atoms with Crippen LogP contribution in [-0.4, -0.2) is 24.9 Å². The van der Waals surface area contributed by atoms with E-state index in [9.17, 15) is 4.79 Å². The number of thiophene rings is 1. The molecule has 1 aromatic carbocycles. The summed E-state index contributed by atoms with van der Waals surface area (Å²) in [5, 5.41) is 0.606. The van der Waals surface area contributed by atoms with Crippen LogP contribution in [0.2, 0.25) is 0 Å². The Morgan fingerprint density at radius 1 is 1.26 bits per heavy atom. The predicted octanol–water partition coefficient (Wildman–Crippen LogP) is 3.26. The summed E-state index contributed by atoms with van der Waals surface area (Å²) in [6, 6.07) is 10.1. The molecule has 0 saturated heterocycles. The third-order valence-electron chi connectivity index (χ3n) is 3.04. The lowest BCUT2D eigenvalue weighted by Gasteiger charge is -2.12. The summed E-state index contributed by atoms with van der Waals surface area (Å²) in [6.07, 6.45) is 0.798. The Kier molecular flexibility index (Phi) is 3.90. The largest absolute Gasteiger partial charge is 0.390 e. The standard InChI is InChI=1S/C15H18N2OS/c1-4-11-12(15(18)17(2)3)14(16)19-13(11)10-8-6-5-7-9-10/h5-9H,4,16H2,1-3H3. The number of nitrogens with zero attached hydrogens (tertiary/aromatic N) is 1. The number of amides is 1. The minimum absolute atomic E-state index is 0.0206. The van der Waals surface area contributed by atoms with Crippen LogP contribution in [0.3, 0.4) is 0 Å². The van der Waals surface area contributed by atoms with Crippen molar-refractivity contribution in [1.82, 2.24) is 4.90 Å². The molecule has 2 aromatic rings. The molecule has 1 aromatic heterocycles. The number of carbonyl (C=O) groups excluding carboxylic acids is 1. The number of nitrogens with two attached hydrogens (primary N) is 1. The van der Waals surface area contributed by atoms with Gasteiger partial charge in [0.25, 0.3) is 5.91 Å². The van der Waals surface area contributed by atoms with Gasteiger partial charge in [-0.1, -0.05) is 37.3 Å². The Balaban J connectivity index is 2.60. The second-order valence-corrected chi connectivity index (χ2v) is 5.62.